The van der Waals surface area contributed by atoms with Gasteiger partial charge in [0.05, 0.1) is 0 Å². The van der Waals surface area contributed by atoms with Gasteiger partial charge in [-0.25, -0.2) is 18.6 Å². The van der Waals surface area contributed by atoms with Crippen molar-refractivity contribution < 1.29 is 18.7 Å². The normalized spacial score (nSPS) is 10.3. The van der Waals surface area contributed by atoms with E-state index in [-0.39, 0.29) is 16.5 Å². The molecule has 19 heavy (non-hydrogen) atoms. The number of carboxylic acids is 1. The highest BCUT2D eigenvalue weighted by molar-refractivity contribution is 6.29. The summed E-state index contributed by atoms with van der Waals surface area (Å²) in [6, 6.07) is 5.73. The second kappa shape index (κ2) is 5.19. The van der Waals surface area contributed by atoms with Crippen molar-refractivity contribution in [3.05, 3.63) is 52.7 Å². The molecule has 1 heterocycles. The highest BCUT2D eigenvalue weighted by atomic mass is 35.5. The van der Waals surface area contributed by atoms with Crippen molar-refractivity contribution in [2.24, 2.45) is 0 Å². The summed E-state index contributed by atoms with van der Waals surface area (Å²) in [4.78, 5) is 14.7. The quantitative estimate of drug-likeness (QED) is 0.847. The molecular formula is C12H7ClF2N2O2. The number of hydrogen-bond acceptors (Lipinski definition) is 3. The predicted octanol–water partition coefficient (Wildman–Crippen LogP) is 3.46. The molecule has 2 N–H and O–H groups in total. The smallest absolute Gasteiger partial charge is 0.339 e. The minimum atomic E-state index is -1.29. The van der Waals surface area contributed by atoms with Gasteiger partial charge in [0.15, 0.2) is 0 Å². The number of benzene rings is 1. The first-order chi connectivity index (χ1) is 8.99. The summed E-state index contributed by atoms with van der Waals surface area (Å²) in [5, 5.41) is 11.3. The Bertz CT molecular complexity index is 629. The van der Waals surface area contributed by atoms with Gasteiger partial charge in [0, 0.05) is 0 Å². The minimum absolute atomic E-state index is 0.00393. The van der Waals surface area contributed by atoms with Crippen LogP contribution in [0.4, 0.5) is 20.3 Å². The highest BCUT2D eigenvalue weighted by Gasteiger charge is 2.16. The number of halogens is 3. The van der Waals surface area contributed by atoms with Gasteiger partial charge in [-0.2, -0.15) is 0 Å². The molecule has 0 aliphatic rings. The van der Waals surface area contributed by atoms with E-state index in [0.29, 0.717) is 0 Å². The fourth-order valence-electron chi connectivity index (χ4n) is 1.44. The van der Waals surface area contributed by atoms with Crippen molar-refractivity contribution in [3.63, 3.8) is 0 Å². The standard InChI is InChI=1S/C12H7ClF2N2O2/c13-9-5-4-6(12(18)19)11(16-9)17-10-7(14)2-1-3-8(10)15/h1-5H,(H,16,17)(H,18,19). The van der Waals surface area contributed by atoms with E-state index in [0.717, 1.165) is 12.1 Å². The molecule has 0 amide bonds. The molecule has 7 heteroatoms. The fraction of sp³-hybridized carbons (Fsp3) is 0. The largest absolute Gasteiger partial charge is 0.478 e. The maximum atomic E-state index is 13.5. The van der Waals surface area contributed by atoms with Crippen LogP contribution in [0.3, 0.4) is 0 Å². The van der Waals surface area contributed by atoms with Gasteiger partial charge in [0.25, 0.3) is 0 Å². The predicted molar refractivity (Wildman–Crippen MR) is 65.8 cm³/mol. The topological polar surface area (TPSA) is 62.2 Å². The third-order valence-electron chi connectivity index (χ3n) is 2.30. The first-order valence-electron chi connectivity index (χ1n) is 5.10. The molecule has 0 unspecified atom stereocenters. The zero-order chi connectivity index (χ0) is 14.0. The molecule has 0 atom stereocenters. The zero-order valence-corrected chi connectivity index (χ0v) is 10.1. The molecule has 0 fully saturated rings. The second-order valence-corrected chi connectivity index (χ2v) is 3.94. The van der Waals surface area contributed by atoms with E-state index >= 15 is 0 Å². The number of pyridine rings is 1. The van der Waals surface area contributed by atoms with Crippen molar-refractivity contribution in [3.8, 4) is 0 Å². The maximum Gasteiger partial charge on any atom is 0.339 e. The second-order valence-electron chi connectivity index (χ2n) is 3.56. The van der Waals surface area contributed by atoms with Crippen LogP contribution in [0.15, 0.2) is 30.3 Å². The summed E-state index contributed by atoms with van der Waals surface area (Å²) < 4.78 is 26.9. The summed E-state index contributed by atoms with van der Waals surface area (Å²) in [5.41, 5.74) is -0.730. The number of anilines is 2. The molecule has 2 aromatic rings. The van der Waals surface area contributed by atoms with Crippen LogP contribution in [0.1, 0.15) is 10.4 Å². The van der Waals surface area contributed by atoms with Gasteiger partial charge in [0.2, 0.25) is 0 Å². The van der Waals surface area contributed by atoms with Gasteiger partial charge < -0.3 is 10.4 Å². The van der Waals surface area contributed by atoms with Crippen LogP contribution in [0.5, 0.6) is 0 Å². The number of aromatic carboxylic acids is 1. The van der Waals surface area contributed by atoms with Crippen molar-refractivity contribution in [1.82, 2.24) is 4.98 Å². The summed E-state index contributed by atoms with van der Waals surface area (Å²) in [7, 11) is 0. The van der Waals surface area contributed by atoms with Crippen LogP contribution in [0.2, 0.25) is 5.15 Å². The van der Waals surface area contributed by atoms with E-state index in [1.54, 1.807) is 0 Å². The Balaban J connectivity index is 2.49. The van der Waals surface area contributed by atoms with Crippen molar-refractivity contribution >= 4 is 29.1 Å². The Morgan fingerprint density at radius 1 is 1.21 bits per heavy atom. The summed E-state index contributed by atoms with van der Waals surface area (Å²) in [6.07, 6.45) is 0. The molecule has 0 saturated heterocycles. The molecule has 0 aliphatic carbocycles. The number of nitrogens with zero attached hydrogens (tertiary/aromatic N) is 1. The average molecular weight is 285 g/mol. The van der Waals surface area contributed by atoms with Crippen LogP contribution in [0, 0.1) is 11.6 Å². The third kappa shape index (κ3) is 2.79. The molecule has 2 rings (SSSR count). The number of hydrogen-bond donors (Lipinski definition) is 2. The Morgan fingerprint density at radius 3 is 2.42 bits per heavy atom. The molecule has 0 aliphatic heterocycles. The number of carboxylic acid groups (broad SMARTS) is 1. The lowest BCUT2D eigenvalue weighted by Gasteiger charge is -2.10. The molecule has 0 saturated carbocycles. The number of nitrogens with one attached hydrogen (secondary N) is 1. The summed E-state index contributed by atoms with van der Waals surface area (Å²) in [5.74, 6) is -3.25. The molecular weight excluding hydrogens is 278 g/mol. The van der Waals surface area contributed by atoms with Crippen LogP contribution < -0.4 is 5.32 Å². The van der Waals surface area contributed by atoms with Crippen LogP contribution in [-0.4, -0.2) is 16.1 Å². The Kier molecular flexibility index (Phi) is 3.62. The number of aromatic nitrogens is 1. The molecule has 1 aromatic heterocycles. The molecule has 0 spiro atoms. The fourth-order valence-corrected chi connectivity index (χ4v) is 1.59. The van der Waals surface area contributed by atoms with Gasteiger partial charge in [-0.3, -0.25) is 0 Å². The lowest BCUT2D eigenvalue weighted by Crippen LogP contribution is -2.07. The lowest BCUT2D eigenvalue weighted by molar-refractivity contribution is 0.0697. The Hall–Kier alpha value is -2.21. The molecule has 4 nitrogen and oxygen atoms in total. The number of para-hydroxylation sites is 1. The number of carbonyl (C=O) groups is 1. The number of rotatable bonds is 3. The van der Waals surface area contributed by atoms with Crippen molar-refractivity contribution in [2.45, 2.75) is 0 Å². The SMILES string of the molecule is O=C(O)c1ccc(Cl)nc1Nc1c(F)cccc1F. The first kappa shape index (κ1) is 13.2. The minimum Gasteiger partial charge on any atom is -0.478 e. The summed E-state index contributed by atoms with van der Waals surface area (Å²) in [6.45, 7) is 0. The van der Waals surface area contributed by atoms with Crippen LogP contribution >= 0.6 is 11.6 Å². The van der Waals surface area contributed by atoms with Gasteiger partial charge in [-0.1, -0.05) is 17.7 Å². The highest BCUT2D eigenvalue weighted by Crippen LogP contribution is 2.25. The maximum absolute atomic E-state index is 13.5. The van der Waals surface area contributed by atoms with Crippen LogP contribution in [-0.2, 0) is 0 Å². The average Bonchev–Trinajstić information content (AvgIpc) is 2.33. The van der Waals surface area contributed by atoms with Gasteiger partial charge in [0.1, 0.15) is 33.9 Å². The van der Waals surface area contributed by atoms with E-state index in [9.17, 15) is 13.6 Å². The van der Waals surface area contributed by atoms with E-state index in [1.807, 2.05) is 0 Å². The van der Waals surface area contributed by atoms with Gasteiger partial charge in [-0.05, 0) is 24.3 Å². The van der Waals surface area contributed by atoms with Crippen molar-refractivity contribution in [1.29, 1.82) is 0 Å². The van der Waals surface area contributed by atoms with E-state index in [1.165, 1.54) is 18.2 Å². The van der Waals surface area contributed by atoms with Gasteiger partial charge in [-0.15, -0.1) is 0 Å². The van der Waals surface area contributed by atoms with Crippen LogP contribution in [0.25, 0.3) is 0 Å². The Labute approximate surface area is 111 Å². The van der Waals surface area contributed by atoms with Crippen molar-refractivity contribution in [2.75, 3.05) is 5.32 Å². The summed E-state index contributed by atoms with van der Waals surface area (Å²) >= 11 is 5.64. The molecule has 0 radical (unpaired) electrons. The van der Waals surface area contributed by atoms with E-state index < -0.39 is 23.3 Å². The van der Waals surface area contributed by atoms with E-state index in [2.05, 4.69) is 10.3 Å². The first-order valence-corrected chi connectivity index (χ1v) is 5.47. The van der Waals surface area contributed by atoms with Gasteiger partial charge >= 0.3 is 5.97 Å². The third-order valence-corrected chi connectivity index (χ3v) is 2.51. The molecule has 98 valence electrons. The lowest BCUT2D eigenvalue weighted by atomic mass is 10.2. The zero-order valence-electron chi connectivity index (χ0n) is 9.32. The molecule has 0 bridgehead atoms. The molecule has 1 aromatic carbocycles. The monoisotopic (exact) mass is 284 g/mol. The van der Waals surface area contributed by atoms with E-state index in [4.69, 9.17) is 16.7 Å². The Morgan fingerprint density at radius 2 is 1.84 bits per heavy atom.